The molecule has 0 heterocycles. The van der Waals surface area contributed by atoms with Gasteiger partial charge in [-0.1, -0.05) is 0 Å². The lowest BCUT2D eigenvalue weighted by Crippen LogP contribution is -2.18. The summed E-state index contributed by atoms with van der Waals surface area (Å²) in [6.07, 6.45) is 0. The number of esters is 2. The molecule has 0 fully saturated rings. The zero-order chi connectivity index (χ0) is 8.69. The summed E-state index contributed by atoms with van der Waals surface area (Å²) in [5.41, 5.74) is 5.05. The number of nitrogens with two attached hydrogens (primary N) is 1. The molecule has 2 N–H and O–H groups in total. The summed E-state index contributed by atoms with van der Waals surface area (Å²) < 4.78 is 8.85. The second-order valence-corrected chi connectivity index (χ2v) is 1.79. The van der Waals surface area contributed by atoms with Crippen molar-refractivity contribution in [1.29, 1.82) is 0 Å². The largest absolute Gasteiger partial charge is 0.462 e. The minimum absolute atomic E-state index is 0.153. The van der Waals surface area contributed by atoms with E-state index in [1.165, 1.54) is 6.92 Å². The van der Waals surface area contributed by atoms with Crippen LogP contribution in [0.1, 0.15) is 6.92 Å². The van der Waals surface area contributed by atoms with Crippen molar-refractivity contribution in [3.8, 4) is 0 Å². The van der Waals surface area contributed by atoms with Gasteiger partial charge in [0.15, 0.2) is 6.61 Å². The Balaban J connectivity index is 3.30. The van der Waals surface area contributed by atoms with Crippen LogP contribution in [-0.2, 0) is 19.1 Å². The molecule has 0 aliphatic rings. The first-order valence-corrected chi connectivity index (χ1v) is 3.16. The smallest absolute Gasteiger partial charge is 0.344 e. The Morgan fingerprint density at radius 1 is 1.36 bits per heavy atom. The second-order valence-electron chi connectivity index (χ2n) is 1.79. The van der Waals surface area contributed by atoms with Crippen molar-refractivity contribution in [2.75, 3.05) is 19.8 Å². The van der Waals surface area contributed by atoms with Gasteiger partial charge in [0, 0.05) is 13.5 Å². The monoisotopic (exact) mass is 161 g/mol. The van der Waals surface area contributed by atoms with Gasteiger partial charge in [-0.05, 0) is 0 Å². The van der Waals surface area contributed by atoms with Crippen LogP contribution in [0.25, 0.3) is 0 Å². The molecule has 0 bridgehead atoms. The molecule has 64 valence electrons. The maximum absolute atomic E-state index is 10.6. The van der Waals surface area contributed by atoms with E-state index in [1.54, 1.807) is 0 Å². The average Bonchev–Trinajstić information content (AvgIpc) is 1.97. The predicted octanol–water partition coefficient (Wildman–Crippen LogP) is -0.949. The first kappa shape index (κ1) is 9.90. The van der Waals surface area contributed by atoms with Gasteiger partial charge in [0.25, 0.3) is 0 Å². The van der Waals surface area contributed by atoms with Crippen LogP contribution in [0, 0.1) is 0 Å². The first-order chi connectivity index (χ1) is 5.16. The van der Waals surface area contributed by atoms with Gasteiger partial charge in [-0.2, -0.15) is 0 Å². The molecule has 0 saturated heterocycles. The lowest BCUT2D eigenvalue weighted by atomic mass is 10.7. The maximum atomic E-state index is 10.6. The van der Waals surface area contributed by atoms with Crippen LogP contribution in [0.5, 0.6) is 0 Å². The molecule has 0 aromatic carbocycles. The van der Waals surface area contributed by atoms with Crippen LogP contribution in [-0.4, -0.2) is 31.7 Å². The fraction of sp³-hybridized carbons (Fsp3) is 0.667. The quantitative estimate of drug-likeness (QED) is 0.538. The number of ether oxygens (including phenoxy) is 2. The Kier molecular flexibility index (Phi) is 5.10. The Morgan fingerprint density at radius 3 is 2.45 bits per heavy atom. The lowest BCUT2D eigenvalue weighted by Gasteiger charge is -2.01. The predicted molar refractivity (Wildman–Crippen MR) is 36.6 cm³/mol. The van der Waals surface area contributed by atoms with Gasteiger partial charge in [-0.15, -0.1) is 0 Å². The average molecular weight is 161 g/mol. The molecule has 0 aliphatic heterocycles. The van der Waals surface area contributed by atoms with Crippen molar-refractivity contribution in [2.24, 2.45) is 5.73 Å². The highest BCUT2D eigenvalue weighted by atomic mass is 16.6. The maximum Gasteiger partial charge on any atom is 0.344 e. The number of hydrogen-bond donors (Lipinski definition) is 1. The Hall–Kier alpha value is -1.10. The van der Waals surface area contributed by atoms with Crippen molar-refractivity contribution in [3.05, 3.63) is 0 Å². The molecule has 11 heavy (non-hydrogen) atoms. The third-order valence-corrected chi connectivity index (χ3v) is 0.774. The fourth-order valence-corrected chi connectivity index (χ4v) is 0.375. The zero-order valence-electron chi connectivity index (χ0n) is 6.33. The highest BCUT2D eigenvalue weighted by Gasteiger charge is 2.03. The molecular formula is C6H11NO4. The van der Waals surface area contributed by atoms with Gasteiger partial charge in [-0.3, -0.25) is 4.79 Å². The zero-order valence-corrected chi connectivity index (χ0v) is 6.33. The molecule has 0 aliphatic carbocycles. The van der Waals surface area contributed by atoms with Crippen molar-refractivity contribution < 1.29 is 19.1 Å². The number of hydrogen-bond acceptors (Lipinski definition) is 5. The molecule has 0 saturated carbocycles. The number of carbonyl (C=O) groups is 2. The summed E-state index contributed by atoms with van der Waals surface area (Å²) in [5, 5.41) is 0. The summed E-state index contributed by atoms with van der Waals surface area (Å²) in [6.45, 7) is 1.30. The molecule has 0 aromatic heterocycles. The van der Waals surface area contributed by atoms with Gasteiger partial charge in [0.1, 0.15) is 6.61 Å². The minimum Gasteiger partial charge on any atom is -0.462 e. The molecule has 0 aromatic rings. The van der Waals surface area contributed by atoms with E-state index >= 15 is 0 Å². The van der Waals surface area contributed by atoms with Gasteiger partial charge in [-0.25, -0.2) is 4.79 Å². The fourth-order valence-electron chi connectivity index (χ4n) is 0.375. The van der Waals surface area contributed by atoms with Gasteiger partial charge in [0.2, 0.25) is 0 Å². The number of rotatable bonds is 4. The Morgan fingerprint density at radius 2 is 2.00 bits per heavy atom. The highest BCUT2D eigenvalue weighted by Crippen LogP contribution is 1.81. The van der Waals surface area contributed by atoms with Crippen molar-refractivity contribution in [3.63, 3.8) is 0 Å². The second kappa shape index (κ2) is 5.67. The van der Waals surface area contributed by atoms with Crippen LogP contribution >= 0.6 is 0 Å². The highest BCUT2D eigenvalue weighted by molar-refractivity contribution is 5.75. The van der Waals surface area contributed by atoms with E-state index in [9.17, 15) is 9.59 Å². The van der Waals surface area contributed by atoms with E-state index in [-0.39, 0.29) is 19.8 Å². The molecule has 0 rings (SSSR count). The molecule has 0 amide bonds. The Labute approximate surface area is 64.5 Å². The molecule has 0 atom stereocenters. The van der Waals surface area contributed by atoms with E-state index in [4.69, 9.17) is 5.73 Å². The summed E-state index contributed by atoms with van der Waals surface area (Å²) in [4.78, 5) is 20.7. The van der Waals surface area contributed by atoms with E-state index < -0.39 is 11.9 Å². The van der Waals surface area contributed by atoms with Crippen LogP contribution in [0.3, 0.4) is 0 Å². The van der Waals surface area contributed by atoms with Crippen molar-refractivity contribution >= 4 is 11.9 Å². The van der Waals surface area contributed by atoms with E-state index in [2.05, 4.69) is 9.47 Å². The third-order valence-electron chi connectivity index (χ3n) is 0.774. The normalized spacial score (nSPS) is 8.91. The SMILES string of the molecule is CC(=O)OCC(=O)OCCN. The number of carbonyl (C=O) groups excluding carboxylic acids is 2. The lowest BCUT2D eigenvalue weighted by molar-refractivity contribution is -0.157. The van der Waals surface area contributed by atoms with Gasteiger partial charge >= 0.3 is 11.9 Å². The molecule has 5 heteroatoms. The molecule has 5 nitrogen and oxygen atoms in total. The van der Waals surface area contributed by atoms with Crippen LogP contribution < -0.4 is 5.73 Å². The van der Waals surface area contributed by atoms with Crippen molar-refractivity contribution in [1.82, 2.24) is 0 Å². The van der Waals surface area contributed by atoms with E-state index in [0.29, 0.717) is 0 Å². The Bertz CT molecular complexity index is 146. The van der Waals surface area contributed by atoms with Crippen LogP contribution in [0.15, 0.2) is 0 Å². The first-order valence-electron chi connectivity index (χ1n) is 3.16. The topological polar surface area (TPSA) is 78.6 Å². The molecular weight excluding hydrogens is 150 g/mol. The van der Waals surface area contributed by atoms with Gasteiger partial charge < -0.3 is 15.2 Å². The van der Waals surface area contributed by atoms with E-state index in [0.717, 1.165) is 0 Å². The summed E-state index contributed by atoms with van der Waals surface area (Å²) in [7, 11) is 0. The van der Waals surface area contributed by atoms with Crippen LogP contribution in [0.2, 0.25) is 0 Å². The standard InChI is InChI=1S/C6H11NO4/c1-5(8)11-4-6(9)10-3-2-7/h2-4,7H2,1H3. The summed E-state index contributed by atoms with van der Waals surface area (Å²) >= 11 is 0. The molecule has 0 spiro atoms. The minimum atomic E-state index is -0.578. The van der Waals surface area contributed by atoms with Crippen LogP contribution in [0.4, 0.5) is 0 Å². The summed E-state index contributed by atoms with van der Waals surface area (Å²) in [5.74, 6) is -1.08. The van der Waals surface area contributed by atoms with E-state index in [1.807, 2.05) is 0 Å². The molecule has 0 unspecified atom stereocenters. The molecule has 0 radical (unpaired) electrons. The van der Waals surface area contributed by atoms with Crippen molar-refractivity contribution in [2.45, 2.75) is 6.92 Å². The summed E-state index contributed by atoms with van der Waals surface area (Å²) in [6, 6.07) is 0. The third kappa shape index (κ3) is 6.79. The van der Waals surface area contributed by atoms with Gasteiger partial charge in [0.05, 0.1) is 0 Å².